The van der Waals surface area contributed by atoms with E-state index in [2.05, 4.69) is 4.98 Å². The van der Waals surface area contributed by atoms with Gasteiger partial charge in [-0.05, 0) is 6.92 Å². The minimum absolute atomic E-state index is 0.0548. The number of anilines is 1. The van der Waals surface area contributed by atoms with Gasteiger partial charge in [0.25, 0.3) is 0 Å². The Kier molecular flexibility index (Phi) is 3.56. The monoisotopic (exact) mass is 211 g/mol. The predicted molar refractivity (Wildman–Crippen MR) is 52.2 cm³/mol. The molecule has 0 spiro atoms. The summed E-state index contributed by atoms with van der Waals surface area (Å²) in [4.78, 5) is 5.16. The number of halogens is 2. The van der Waals surface area contributed by atoms with Crippen LogP contribution in [0.3, 0.4) is 0 Å². The summed E-state index contributed by atoms with van der Waals surface area (Å²) in [6.45, 7) is 1.77. The highest BCUT2D eigenvalue weighted by Crippen LogP contribution is 2.18. The van der Waals surface area contributed by atoms with Crippen molar-refractivity contribution in [3.05, 3.63) is 23.9 Å². The van der Waals surface area contributed by atoms with Gasteiger partial charge >= 0.3 is 0 Å². The van der Waals surface area contributed by atoms with Crippen LogP contribution in [0.25, 0.3) is 0 Å². The number of nitriles is 1. The zero-order valence-electron chi connectivity index (χ0n) is 8.54. The van der Waals surface area contributed by atoms with Crippen molar-refractivity contribution in [2.45, 2.75) is 19.4 Å². The van der Waals surface area contributed by atoms with Crippen LogP contribution in [0.15, 0.2) is 12.3 Å². The van der Waals surface area contributed by atoms with Crippen molar-refractivity contribution in [1.29, 1.82) is 5.26 Å². The fourth-order valence-electron chi connectivity index (χ4n) is 1.14. The lowest BCUT2D eigenvalue weighted by atomic mass is 10.2. The van der Waals surface area contributed by atoms with Crippen molar-refractivity contribution in [2.75, 3.05) is 11.9 Å². The summed E-state index contributed by atoms with van der Waals surface area (Å²) in [7, 11) is 1.62. The topological polar surface area (TPSA) is 39.9 Å². The number of hydrogen-bond acceptors (Lipinski definition) is 3. The lowest BCUT2D eigenvalue weighted by Gasteiger charge is -2.24. The molecule has 0 amide bonds. The van der Waals surface area contributed by atoms with Gasteiger partial charge in [0.15, 0.2) is 11.6 Å². The fourth-order valence-corrected chi connectivity index (χ4v) is 1.14. The molecule has 0 aliphatic carbocycles. The maximum atomic E-state index is 13.3. The second kappa shape index (κ2) is 4.69. The molecule has 0 bridgehead atoms. The number of hydrogen-bond donors (Lipinski definition) is 0. The Labute approximate surface area is 87.0 Å². The fraction of sp³-hybridized carbons (Fsp3) is 0.400. The average Bonchev–Trinajstić information content (AvgIpc) is 2.17. The Morgan fingerprint density at radius 2 is 2.27 bits per heavy atom. The smallest absolute Gasteiger partial charge is 0.168 e. The van der Waals surface area contributed by atoms with Gasteiger partial charge in [-0.15, -0.1) is 0 Å². The van der Waals surface area contributed by atoms with E-state index >= 15 is 0 Å². The van der Waals surface area contributed by atoms with Crippen LogP contribution in [0.2, 0.25) is 0 Å². The van der Waals surface area contributed by atoms with Crippen molar-refractivity contribution in [3.8, 4) is 6.07 Å². The molecule has 1 heterocycles. The van der Waals surface area contributed by atoms with Gasteiger partial charge in [-0.3, -0.25) is 0 Å². The molecule has 0 aromatic carbocycles. The van der Waals surface area contributed by atoms with Crippen LogP contribution in [0, 0.1) is 23.0 Å². The van der Waals surface area contributed by atoms with Crippen LogP contribution in [-0.4, -0.2) is 18.1 Å². The van der Waals surface area contributed by atoms with Crippen molar-refractivity contribution in [2.24, 2.45) is 0 Å². The maximum absolute atomic E-state index is 13.3. The molecule has 3 nitrogen and oxygen atoms in total. The van der Waals surface area contributed by atoms with E-state index in [1.165, 1.54) is 4.90 Å². The van der Waals surface area contributed by atoms with Crippen molar-refractivity contribution in [3.63, 3.8) is 0 Å². The summed E-state index contributed by atoms with van der Waals surface area (Å²) >= 11 is 0. The first kappa shape index (κ1) is 11.4. The highest BCUT2D eigenvalue weighted by atomic mass is 19.1. The van der Waals surface area contributed by atoms with Crippen molar-refractivity contribution >= 4 is 5.82 Å². The largest absolute Gasteiger partial charge is 0.354 e. The SMILES string of the molecule is CC(CC#N)N(C)c1ncc(F)cc1F. The molecule has 0 radical (unpaired) electrons. The molecule has 0 aliphatic rings. The van der Waals surface area contributed by atoms with E-state index < -0.39 is 11.6 Å². The summed E-state index contributed by atoms with van der Waals surface area (Å²) in [5.41, 5.74) is 0. The molecule has 1 rings (SSSR count). The van der Waals surface area contributed by atoms with Gasteiger partial charge in [0.2, 0.25) is 0 Å². The van der Waals surface area contributed by atoms with Gasteiger partial charge in [0.1, 0.15) is 5.82 Å². The first-order valence-corrected chi connectivity index (χ1v) is 4.47. The lowest BCUT2D eigenvalue weighted by Crippen LogP contribution is -2.30. The van der Waals surface area contributed by atoms with E-state index in [1.54, 1.807) is 14.0 Å². The summed E-state index contributed by atoms with van der Waals surface area (Å²) in [6, 6.07) is 2.59. The van der Waals surface area contributed by atoms with E-state index in [0.717, 1.165) is 12.3 Å². The number of pyridine rings is 1. The highest BCUT2D eigenvalue weighted by molar-refractivity contribution is 5.40. The molecule has 0 fully saturated rings. The van der Waals surface area contributed by atoms with Crippen LogP contribution >= 0.6 is 0 Å². The molecule has 80 valence electrons. The minimum Gasteiger partial charge on any atom is -0.354 e. The molecule has 1 aromatic heterocycles. The van der Waals surface area contributed by atoms with Crippen LogP contribution in [0.4, 0.5) is 14.6 Å². The first-order valence-electron chi connectivity index (χ1n) is 4.47. The molecular weight excluding hydrogens is 200 g/mol. The Morgan fingerprint density at radius 1 is 1.60 bits per heavy atom. The molecule has 1 atom stereocenters. The summed E-state index contributed by atoms with van der Waals surface area (Å²) in [5, 5.41) is 8.50. The molecule has 1 unspecified atom stereocenters. The van der Waals surface area contributed by atoms with Gasteiger partial charge in [-0.1, -0.05) is 0 Å². The molecule has 0 N–H and O–H groups in total. The third kappa shape index (κ3) is 2.62. The first-order chi connectivity index (χ1) is 7.06. The molecule has 0 saturated carbocycles. The van der Waals surface area contributed by atoms with Gasteiger partial charge in [-0.25, -0.2) is 13.8 Å². The predicted octanol–water partition coefficient (Wildman–Crippen LogP) is 2.10. The Hall–Kier alpha value is -1.70. The van der Waals surface area contributed by atoms with Crippen molar-refractivity contribution < 1.29 is 8.78 Å². The molecule has 15 heavy (non-hydrogen) atoms. The van der Waals surface area contributed by atoms with Crippen LogP contribution in [0.1, 0.15) is 13.3 Å². The van der Waals surface area contributed by atoms with E-state index in [0.29, 0.717) is 0 Å². The summed E-state index contributed by atoms with van der Waals surface area (Å²) in [5.74, 6) is -1.38. The van der Waals surface area contributed by atoms with E-state index in [1.807, 2.05) is 6.07 Å². The van der Waals surface area contributed by atoms with Gasteiger partial charge < -0.3 is 4.90 Å². The lowest BCUT2D eigenvalue weighted by molar-refractivity contribution is 0.562. The summed E-state index contributed by atoms with van der Waals surface area (Å²) in [6.07, 6.45) is 1.21. The van der Waals surface area contributed by atoms with Gasteiger partial charge in [-0.2, -0.15) is 5.26 Å². The zero-order chi connectivity index (χ0) is 11.4. The minimum atomic E-state index is -0.720. The second-order valence-corrected chi connectivity index (χ2v) is 3.28. The Bertz CT molecular complexity index is 387. The third-order valence-corrected chi connectivity index (χ3v) is 2.17. The standard InChI is InChI=1S/C10H11F2N3/c1-7(3-4-13)15(2)10-9(12)5-8(11)6-14-10/h5-7H,3H2,1-2H3. The van der Waals surface area contributed by atoms with Crippen LogP contribution < -0.4 is 4.90 Å². The number of rotatable bonds is 3. The zero-order valence-corrected chi connectivity index (χ0v) is 8.54. The van der Waals surface area contributed by atoms with Crippen LogP contribution in [0.5, 0.6) is 0 Å². The van der Waals surface area contributed by atoms with Crippen LogP contribution in [-0.2, 0) is 0 Å². The van der Waals surface area contributed by atoms with Gasteiger partial charge in [0, 0.05) is 19.2 Å². The normalized spacial score (nSPS) is 11.9. The third-order valence-electron chi connectivity index (χ3n) is 2.17. The van der Waals surface area contributed by atoms with E-state index in [4.69, 9.17) is 5.26 Å². The van der Waals surface area contributed by atoms with Gasteiger partial charge in [0.05, 0.1) is 18.7 Å². The summed E-state index contributed by atoms with van der Waals surface area (Å²) < 4.78 is 25.9. The molecule has 0 saturated heterocycles. The van der Waals surface area contributed by atoms with Crippen molar-refractivity contribution in [1.82, 2.24) is 4.98 Å². The van der Waals surface area contributed by atoms with E-state index in [-0.39, 0.29) is 18.3 Å². The quantitative estimate of drug-likeness (QED) is 0.768. The average molecular weight is 211 g/mol. The molecule has 1 aromatic rings. The Balaban J connectivity index is 2.91. The van der Waals surface area contributed by atoms with E-state index in [9.17, 15) is 8.78 Å². The second-order valence-electron chi connectivity index (χ2n) is 3.28. The Morgan fingerprint density at radius 3 is 2.80 bits per heavy atom. The number of nitrogens with zero attached hydrogens (tertiary/aromatic N) is 3. The molecule has 5 heteroatoms. The maximum Gasteiger partial charge on any atom is 0.168 e. The highest BCUT2D eigenvalue weighted by Gasteiger charge is 2.15. The molecular formula is C10H11F2N3. The molecule has 0 aliphatic heterocycles. The number of aromatic nitrogens is 1.